The molecule has 0 saturated carbocycles. The van der Waals surface area contributed by atoms with Crippen LogP contribution in [0.2, 0.25) is 0 Å². The van der Waals surface area contributed by atoms with Gasteiger partial charge in [0.1, 0.15) is 5.69 Å². The lowest BCUT2D eigenvalue weighted by atomic mass is 10.3. The fourth-order valence-electron chi connectivity index (χ4n) is 0.933. The zero-order chi connectivity index (χ0) is 9.26. The molecule has 0 aliphatic rings. The predicted octanol–water partition coefficient (Wildman–Crippen LogP) is 1.49. The van der Waals surface area contributed by atoms with Crippen molar-refractivity contribution in [1.82, 2.24) is 14.3 Å². The molecule has 0 aliphatic carbocycles. The zero-order valence-electron chi connectivity index (χ0n) is 7.06. The van der Waals surface area contributed by atoms with E-state index in [4.69, 9.17) is 5.73 Å². The molecule has 0 atom stereocenters. The van der Waals surface area contributed by atoms with Crippen LogP contribution in [0, 0.1) is 6.92 Å². The number of aryl methyl sites for hydroxylation is 1. The number of pyridine rings is 1. The molecule has 2 N–H and O–H groups in total. The van der Waals surface area contributed by atoms with E-state index in [2.05, 4.69) is 14.3 Å². The lowest BCUT2D eigenvalue weighted by Gasteiger charge is -1.93. The standard InChI is InChI=1S/C8H8N4S/c1-5-2-3-6(10-4-5)7-11-8(9)12-13-7/h2-4H,1H3,(H2,9,12). The molecule has 2 rings (SSSR count). The number of nitrogen functional groups attached to an aromatic ring is 1. The molecule has 0 bridgehead atoms. The van der Waals surface area contributed by atoms with Crippen molar-refractivity contribution in [1.29, 1.82) is 0 Å². The topological polar surface area (TPSA) is 64.7 Å². The third-order valence-electron chi connectivity index (χ3n) is 1.57. The molecule has 0 fully saturated rings. The molecule has 0 unspecified atom stereocenters. The Bertz CT molecular complexity index is 406. The second-order valence-electron chi connectivity index (χ2n) is 2.68. The molecule has 66 valence electrons. The van der Waals surface area contributed by atoms with Gasteiger partial charge in [0.2, 0.25) is 5.95 Å². The van der Waals surface area contributed by atoms with Crippen LogP contribution >= 0.6 is 11.5 Å². The van der Waals surface area contributed by atoms with E-state index in [0.717, 1.165) is 16.3 Å². The van der Waals surface area contributed by atoms with E-state index < -0.39 is 0 Å². The molecule has 0 aromatic carbocycles. The molecule has 4 nitrogen and oxygen atoms in total. The van der Waals surface area contributed by atoms with Crippen LogP contribution in [-0.4, -0.2) is 14.3 Å². The summed E-state index contributed by atoms with van der Waals surface area (Å²) >= 11 is 1.26. The molecule has 0 saturated heterocycles. The van der Waals surface area contributed by atoms with Gasteiger partial charge in [-0.15, -0.1) is 0 Å². The van der Waals surface area contributed by atoms with E-state index >= 15 is 0 Å². The first-order valence-corrected chi connectivity index (χ1v) is 4.55. The normalized spacial score (nSPS) is 10.2. The Morgan fingerprint density at radius 3 is 2.77 bits per heavy atom. The molecule has 2 heterocycles. The van der Waals surface area contributed by atoms with Gasteiger partial charge in [0.15, 0.2) is 5.01 Å². The van der Waals surface area contributed by atoms with Gasteiger partial charge < -0.3 is 5.73 Å². The third kappa shape index (κ3) is 1.65. The van der Waals surface area contributed by atoms with Gasteiger partial charge in [-0.2, -0.15) is 9.36 Å². The quantitative estimate of drug-likeness (QED) is 0.743. The highest BCUT2D eigenvalue weighted by molar-refractivity contribution is 7.09. The number of nitrogens with zero attached hydrogens (tertiary/aromatic N) is 3. The molecule has 0 aliphatic heterocycles. The summed E-state index contributed by atoms with van der Waals surface area (Å²) < 4.78 is 3.88. The minimum atomic E-state index is 0.308. The lowest BCUT2D eigenvalue weighted by Crippen LogP contribution is -1.87. The number of rotatable bonds is 1. The summed E-state index contributed by atoms with van der Waals surface area (Å²) in [5, 5.41) is 0.762. The minimum absolute atomic E-state index is 0.308. The first-order chi connectivity index (χ1) is 6.25. The average Bonchev–Trinajstić information content (AvgIpc) is 2.53. The van der Waals surface area contributed by atoms with Crippen molar-refractivity contribution >= 4 is 17.5 Å². The van der Waals surface area contributed by atoms with Crippen molar-refractivity contribution in [2.24, 2.45) is 0 Å². The van der Waals surface area contributed by atoms with Crippen LogP contribution in [-0.2, 0) is 0 Å². The number of hydrogen-bond acceptors (Lipinski definition) is 5. The Labute approximate surface area is 79.6 Å². The van der Waals surface area contributed by atoms with Crippen LogP contribution < -0.4 is 5.73 Å². The van der Waals surface area contributed by atoms with E-state index in [-0.39, 0.29) is 0 Å². The Hall–Kier alpha value is -1.49. The minimum Gasteiger partial charge on any atom is -0.367 e. The van der Waals surface area contributed by atoms with Crippen molar-refractivity contribution in [3.63, 3.8) is 0 Å². The van der Waals surface area contributed by atoms with Crippen molar-refractivity contribution in [2.45, 2.75) is 6.92 Å². The zero-order valence-corrected chi connectivity index (χ0v) is 7.88. The number of nitrogens with two attached hydrogens (primary N) is 1. The van der Waals surface area contributed by atoms with E-state index in [9.17, 15) is 0 Å². The predicted molar refractivity (Wildman–Crippen MR) is 52.3 cm³/mol. The summed E-state index contributed by atoms with van der Waals surface area (Å²) in [6, 6.07) is 3.90. The monoisotopic (exact) mass is 192 g/mol. The first kappa shape index (κ1) is 8.12. The van der Waals surface area contributed by atoms with Gasteiger partial charge in [0.05, 0.1) is 0 Å². The Balaban J connectivity index is 2.41. The maximum absolute atomic E-state index is 5.41. The molecular formula is C8H8N4S. The molecule has 0 amide bonds. The van der Waals surface area contributed by atoms with Crippen LogP contribution in [0.15, 0.2) is 18.3 Å². The van der Waals surface area contributed by atoms with E-state index in [1.165, 1.54) is 11.5 Å². The summed E-state index contributed by atoms with van der Waals surface area (Å²) in [6.45, 7) is 1.99. The van der Waals surface area contributed by atoms with E-state index in [1.54, 1.807) is 6.20 Å². The van der Waals surface area contributed by atoms with E-state index in [1.807, 2.05) is 19.1 Å². The summed E-state index contributed by atoms with van der Waals surface area (Å²) in [5.41, 5.74) is 7.35. The number of anilines is 1. The van der Waals surface area contributed by atoms with Crippen LogP contribution in [0.1, 0.15) is 5.56 Å². The van der Waals surface area contributed by atoms with Gasteiger partial charge in [0.25, 0.3) is 0 Å². The van der Waals surface area contributed by atoms with Crippen molar-refractivity contribution in [3.05, 3.63) is 23.9 Å². The Kier molecular flexibility index (Phi) is 1.94. The highest BCUT2D eigenvalue weighted by Gasteiger charge is 2.04. The van der Waals surface area contributed by atoms with Crippen LogP contribution in [0.3, 0.4) is 0 Å². The molecular weight excluding hydrogens is 184 g/mol. The fraction of sp³-hybridized carbons (Fsp3) is 0.125. The smallest absolute Gasteiger partial charge is 0.232 e. The highest BCUT2D eigenvalue weighted by atomic mass is 32.1. The Morgan fingerprint density at radius 2 is 2.23 bits per heavy atom. The second-order valence-corrected chi connectivity index (χ2v) is 3.43. The molecule has 5 heteroatoms. The average molecular weight is 192 g/mol. The summed E-state index contributed by atoms with van der Waals surface area (Å²) in [6.07, 6.45) is 1.80. The van der Waals surface area contributed by atoms with Gasteiger partial charge >= 0.3 is 0 Å². The molecule has 0 spiro atoms. The first-order valence-electron chi connectivity index (χ1n) is 3.78. The maximum Gasteiger partial charge on any atom is 0.232 e. The van der Waals surface area contributed by atoms with Gasteiger partial charge in [-0.1, -0.05) is 6.07 Å². The SMILES string of the molecule is Cc1ccc(-c2nc(N)ns2)nc1. The van der Waals surface area contributed by atoms with Crippen LogP contribution in [0.4, 0.5) is 5.95 Å². The van der Waals surface area contributed by atoms with Crippen LogP contribution in [0.5, 0.6) is 0 Å². The fourth-order valence-corrected chi connectivity index (χ4v) is 1.50. The van der Waals surface area contributed by atoms with E-state index in [0.29, 0.717) is 5.95 Å². The van der Waals surface area contributed by atoms with Gasteiger partial charge in [0, 0.05) is 6.20 Å². The largest absolute Gasteiger partial charge is 0.367 e. The van der Waals surface area contributed by atoms with Crippen molar-refractivity contribution < 1.29 is 0 Å². The maximum atomic E-state index is 5.41. The van der Waals surface area contributed by atoms with Gasteiger partial charge in [-0.25, -0.2) is 0 Å². The van der Waals surface area contributed by atoms with Crippen molar-refractivity contribution in [3.8, 4) is 10.7 Å². The Morgan fingerprint density at radius 1 is 1.38 bits per heavy atom. The van der Waals surface area contributed by atoms with Crippen molar-refractivity contribution in [2.75, 3.05) is 5.73 Å². The molecule has 2 aromatic heterocycles. The lowest BCUT2D eigenvalue weighted by molar-refractivity contribution is 1.25. The number of hydrogen-bond donors (Lipinski definition) is 1. The van der Waals surface area contributed by atoms with Gasteiger partial charge in [-0.05, 0) is 30.1 Å². The second kappa shape index (κ2) is 3.10. The molecule has 13 heavy (non-hydrogen) atoms. The summed E-state index contributed by atoms with van der Waals surface area (Å²) in [5.74, 6) is 0.308. The molecule has 2 aromatic rings. The highest BCUT2D eigenvalue weighted by Crippen LogP contribution is 2.19. The number of aromatic nitrogens is 3. The van der Waals surface area contributed by atoms with Gasteiger partial charge in [-0.3, -0.25) is 4.98 Å². The summed E-state index contributed by atoms with van der Waals surface area (Å²) in [7, 11) is 0. The third-order valence-corrected chi connectivity index (χ3v) is 2.32. The van der Waals surface area contributed by atoms with Crippen LogP contribution in [0.25, 0.3) is 10.7 Å². The molecule has 0 radical (unpaired) electrons. The summed E-state index contributed by atoms with van der Waals surface area (Å²) in [4.78, 5) is 8.25.